The minimum atomic E-state index is -0.786. The second kappa shape index (κ2) is 7.35. The lowest BCUT2D eigenvalue weighted by Crippen LogP contribution is -2.40. The van der Waals surface area contributed by atoms with E-state index >= 15 is 0 Å². The first-order chi connectivity index (χ1) is 9.04. The second-order valence-electron chi connectivity index (χ2n) is 3.53. The molecule has 0 aliphatic rings. The Morgan fingerprint density at radius 3 is 2.05 bits per heavy atom. The number of alkyl halides is 1. The zero-order valence-electron chi connectivity index (χ0n) is 10.4. The molecule has 5 nitrogen and oxygen atoms in total. The molecule has 0 bridgehead atoms. The van der Waals surface area contributed by atoms with Gasteiger partial charge in [-0.15, -0.1) is 0 Å². The van der Waals surface area contributed by atoms with Crippen molar-refractivity contribution >= 4 is 39.7 Å². The van der Waals surface area contributed by atoms with Gasteiger partial charge in [0.2, 0.25) is 0 Å². The number of benzene rings is 1. The molecule has 0 N–H and O–H groups in total. The van der Waals surface area contributed by atoms with E-state index in [2.05, 4.69) is 25.4 Å². The van der Waals surface area contributed by atoms with E-state index in [1.54, 1.807) is 24.3 Å². The van der Waals surface area contributed by atoms with Gasteiger partial charge in [-0.2, -0.15) is 0 Å². The lowest BCUT2D eigenvalue weighted by molar-refractivity contribution is 0.0865. The number of hydrogen-bond acceptors (Lipinski definition) is 4. The Bertz CT molecular complexity index is 436. The Balaban J connectivity index is 3.12. The number of hydrogen-bond donors (Lipinski definition) is 0. The number of imide groups is 1. The van der Waals surface area contributed by atoms with Crippen LogP contribution < -0.4 is 0 Å². The highest BCUT2D eigenvalue weighted by Crippen LogP contribution is 2.25. The minimum Gasteiger partial charge on any atom is -0.452 e. The molecule has 19 heavy (non-hydrogen) atoms. The van der Waals surface area contributed by atoms with Crippen molar-refractivity contribution in [1.29, 1.82) is 0 Å². The zero-order chi connectivity index (χ0) is 14.4. The van der Waals surface area contributed by atoms with Crippen molar-refractivity contribution in [2.24, 2.45) is 0 Å². The third kappa shape index (κ3) is 3.84. The summed E-state index contributed by atoms with van der Waals surface area (Å²) in [6, 6.07) is 6.27. The van der Waals surface area contributed by atoms with Crippen molar-refractivity contribution in [3.05, 3.63) is 34.9 Å². The van der Waals surface area contributed by atoms with Crippen LogP contribution in [-0.4, -0.2) is 36.6 Å². The molecule has 0 spiro atoms. The number of nitrogens with zero attached hydrogens (tertiary/aromatic N) is 1. The van der Waals surface area contributed by atoms with Crippen LogP contribution in [0.5, 0.6) is 0 Å². The van der Waals surface area contributed by atoms with E-state index in [9.17, 15) is 9.59 Å². The van der Waals surface area contributed by atoms with Gasteiger partial charge in [-0.05, 0) is 17.7 Å². The standard InChI is InChI=1S/C12H13BrClNO4/c1-18-11(16)15(12(17)19-2)10(7-13)8-3-5-9(14)6-4-8/h3-6,10H,7H2,1-2H3. The number of carbonyl (C=O) groups is 2. The highest BCUT2D eigenvalue weighted by Gasteiger charge is 2.32. The van der Waals surface area contributed by atoms with Gasteiger partial charge in [-0.1, -0.05) is 39.7 Å². The monoisotopic (exact) mass is 349 g/mol. The lowest BCUT2D eigenvalue weighted by Gasteiger charge is -2.26. The molecule has 2 amide bonds. The quantitative estimate of drug-likeness (QED) is 0.781. The summed E-state index contributed by atoms with van der Waals surface area (Å²) < 4.78 is 9.21. The molecule has 1 atom stereocenters. The number of carbonyl (C=O) groups excluding carboxylic acids is 2. The molecule has 0 heterocycles. The van der Waals surface area contributed by atoms with Crippen LogP contribution >= 0.6 is 27.5 Å². The molecule has 0 saturated heterocycles. The van der Waals surface area contributed by atoms with Crippen molar-refractivity contribution in [2.45, 2.75) is 6.04 Å². The Kier molecular flexibility index (Phi) is 6.11. The molecule has 104 valence electrons. The van der Waals surface area contributed by atoms with Crippen LogP contribution in [0.3, 0.4) is 0 Å². The van der Waals surface area contributed by atoms with Gasteiger partial charge in [0.15, 0.2) is 0 Å². The van der Waals surface area contributed by atoms with Crippen LogP contribution in [0.15, 0.2) is 24.3 Å². The average molecular weight is 351 g/mol. The maximum Gasteiger partial charge on any atom is 0.419 e. The highest BCUT2D eigenvalue weighted by molar-refractivity contribution is 9.09. The molecule has 0 saturated carbocycles. The zero-order valence-corrected chi connectivity index (χ0v) is 12.8. The smallest absolute Gasteiger partial charge is 0.419 e. The molecule has 0 aromatic heterocycles. The first-order valence-corrected chi connectivity index (χ1v) is 6.81. The SMILES string of the molecule is COC(=O)N(C(=O)OC)C(CBr)c1ccc(Cl)cc1. The topological polar surface area (TPSA) is 55.8 Å². The number of ether oxygens (including phenoxy) is 2. The summed E-state index contributed by atoms with van der Waals surface area (Å²) in [5, 5.41) is 0.915. The molecule has 1 aromatic rings. The van der Waals surface area contributed by atoms with Gasteiger partial charge in [0.25, 0.3) is 0 Å². The number of halogens is 2. The van der Waals surface area contributed by atoms with E-state index < -0.39 is 18.2 Å². The Labute approximate surface area is 124 Å². The summed E-state index contributed by atoms with van der Waals surface area (Å²) in [5.41, 5.74) is 0.733. The summed E-state index contributed by atoms with van der Waals surface area (Å²) >= 11 is 9.09. The van der Waals surface area contributed by atoms with Gasteiger partial charge in [0.05, 0.1) is 20.3 Å². The van der Waals surface area contributed by atoms with Crippen molar-refractivity contribution < 1.29 is 19.1 Å². The van der Waals surface area contributed by atoms with Crippen molar-refractivity contribution in [3.8, 4) is 0 Å². The largest absolute Gasteiger partial charge is 0.452 e. The molecule has 1 unspecified atom stereocenters. The van der Waals surface area contributed by atoms with E-state index in [0.717, 1.165) is 10.5 Å². The van der Waals surface area contributed by atoms with Crippen molar-refractivity contribution in [2.75, 3.05) is 19.5 Å². The number of amides is 2. The molecule has 1 rings (SSSR count). The van der Waals surface area contributed by atoms with Crippen LogP contribution in [-0.2, 0) is 9.47 Å². The molecular weight excluding hydrogens is 337 g/mol. The summed E-state index contributed by atoms with van der Waals surface area (Å²) in [6.45, 7) is 0. The van der Waals surface area contributed by atoms with E-state index in [1.165, 1.54) is 14.2 Å². The maximum absolute atomic E-state index is 11.7. The molecule has 1 aromatic carbocycles. The third-order valence-electron chi connectivity index (χ3n) is 2.46. The van der Waals surface area contributed by atoms with Gasteiger partial charge in [-0.25, -0.2) is 14.5 Å². The maximum atomic E-state index is 11.7. The van der Waals surface area contributed by atoms with Gasteiger partial charge < -0.3 is 9.47 Å². The Morgan fingerprint density at radius 1 is 1.21 bits per heavy atom. The predicted molar refractivity (Wildman–Crippen MR) is 74.6 cm³/mol. The summed E-state index contributed by atoms with van der Waals surface area (Å²) in [6.07, 6.45) is -1.57. The van der Waals surface area contributed by atoms with E-state index in [1.807, 2.05) is 0 Å². The average Bonchev–Trinajstić information content (AvgIpc) is 2.44. The van der Waals surface area contributed by atoms with Crippen LogP contribution in [0.4, 0.5) is 9.59 Å². The fraction of sp³-hybridized carbons (Fsp3) is 0.333. The van der Waals surface area contributed by atoms with Crippen molar-refractivity contribution in [1.82, 2.24) is 4.90 Å². The molecule has 7 heteroatoms. The molecule has 0 aliphatic carbocycles. The molecule has 0 fully saturated rings. The Hall–Kier alpha value is -1.27. The highest BCUT2D eigenvalue weighted by atomic mass is 79.9. The fourth-order valence-electron chi connectivity index (χ4n) is 1.52. The summed E-state index contributed by atoms with van der Waals surface area (Å²) in [5.74, 6) is 0. The predicted octanol–water partition coefficient (Wildman–Crippen LogP) is 3.61. The molecule has 0 radical (unpaired) electrons. The van der Waals surface area contributed by atoms with Crippen LogP contribution in [0.2, 0.25) is 5.02 Å². The normalized spacial score (nSPS) is 11.6. The van der Waals surface area contributed by atoms with Gasteiger partial charge in [0.1, 0.15) is 0 Å². The Morgan fingerprint density at radius 2 is 1.68 bits per heavy atom. The van der Waals surface area contributed by atoms with E-state index in [4.69, 9.17) is 11.6 Å². The summed E-state index contributed by atoms with van der Waals surface area (Å²) in [7, 11) is 2.40. The first kappa shape index (κ1) is 15.8. The van der Waals surface area contributed by atoms with Crippen LogP contribution in [0, 0.1) is 0 Å². The van der Waals surface area contributed by atoms with Crippen molar-refractivity contribution in [3.63, 3.8) is 0 Å². The first-order valence-electron chi connectivity index (χ1n) is 5.31. The van der Waals surface area contributed by atoms with E-state index in [-0.39, 0.29) is 0 Å². The number of rotatable bonds is 3. The third-order valence-corrected chi connectivity index (χ3v) is 3.32. The lowest BCUT2D eigenvalue weighted by atomic mass is 10.1. The van der Waals surface area contributed by atoms with Crippen LogP contribution in [0.1, 0.15) is 11.6 Å². The minimum absolute atomic E-state index is 0.346. The van der Waals surface area contributed by atoms with Gasteiger partial charge in [0, 0.05) is 10.4 Å². The number of methoxy groups -OCH3 is 2. The molecular formula is C12H13BrClNO4. The summed E-state index contributed by atoms with van der Waals surface area (Å²) in [4.78, 5) is 24.3. The fourth-order valence-corrected chi connectivity index (χ4v) is 2.31. The van der Waals surface area contributed by atoms with Gasteiger partial charge in [-0.3, -0.25) is 0 Å². The van der Waals surface area contributed by atoms with Crippen LogP contribution in [0.25, 0.3) is 0 Å². The van der Waals surface area contributed by atoms with Gasteiger partial charge >= 0.3 is 12.2 Å². The van der Waals surface area contributed by atoms with E-state index in [0.29, 0.717) is 10.4 Å². The molecule has 0 aliphatic heterocycles. The second-order valence-corrected chi connectivity index (χ2v) is 4.62.